The van der Waals surface area contributed by atoms with Crippen molar-refractivity contribution in [2.24, 2.45) is 0 Å². The predicted molar refractivity (Wildman–Crippen MR) is 85.8 cm³/mol. The van der Waals surface area contributed by atoms with Gasteiger partial charge in [0.15, 0.2) is 0 Å². The first-order chi connectivity index (χ1) is 9.11. The Labute approximate surface area is 125 Å². The summed E-state index contributed by atoms with van der Waals surface area (Å²) in [6.07, 6.45) is 2.58. The van der Waals surface area contributed by atoms with Gasteiger partial charge in [-0.15, -0.1) is 0 Å². The molecule has 1 aliphatic rings. The van der Waals surface area contributed by atoms with E-state index in [0.29, 0.717) is 6.04 Å². The lowest BCUT2D eigenvalue weighted by Crippen LogP contribution is -2.45. The van der Waals surface area contributed by atoms with Crippen molar-refractivity contribution in [1.82, 2.24) is 10.2 Å². The second-order valence-corrected chi connectivity index (χ2v) is 6.39. The molecule has 0 bridgehead atoms. The third kappa shape index (κ3) is 3.71. The lowest BCUT2D eigenvalue weighted by Gasteiger charge is -2.38. The average molecular weight is 326 g/mol. The van der Waals surface area contributed by atoms with E-state index in [0.717, 1.165) is 17.6 Å². The molecule has 1 saturated heterocycles. The van der Waals surface area contributed by atoms with Crippen molar-refractivity contribution in [2.45, 2.75) is 25.4 Å². The molecule has 1 unspecified atom stereocenters. The van der Waals surface area contributed by atoms with Crippen molar-refractivity contribution < 1.29 is 0 Å². The van der Waals surface area contributed by atoms with Crippen LogP contribution in [0.4, 0.5) is 5.69 Å². The molecule has 2 rings (SSSR count). The first kappa shape index (κ1) is 14.8. The van der Waals surface area contributed by atoms with Gasteiger partial charge in [0, 0.05) is 36.3 Å². The molecule has 1 aromatic rings. The number of likely N-dealkylation sites (tertiary alicyclic amines) is 1. The largest absolute Gasteiger partial charge is 0.370 e. The Morgan fingerprint density at radius 2 is 2.26 bits per heavy atom. The molecule has 0 aromatic heterocycles. The van der Waals surface area contributed by atoms with Crippen molar-refractivity contribution in [3.05, 3.63) is 28.2 Å². The Bertz CT molecular complexity index is 422. The lowest BCUT2D eigenvalue weighted by atomic mass is 10.0. The van der Waals surface area contributed by atoms with E-state index in [1.54, 1.807) is 0 Å². The molecule has 0 aliphatic carbocycles. The van der Waals surface area contributed by atoms with E-state index in [-0.39, 0.29) is 0 Å². The Balaban J connectivity index is 2.19. The van der Waals surface area contributed by atoms with Gasteiger partial charge in [-0.3, -0.25) is 0 Å². The molecule has 4 heteroatoms. The normalized spacial score (nSPS) is 20.5. The highest BCUT2D eigenvalue weighted by Gasteiger charge is 2.22. The molecule has 1 N–H and O–H groups in total. The standard InChI is InChI=1S/C15H24BrN3/c1-17-10-12-9-13(16)6-7-15(12)19(3)14-5-4-8-18(2)11-14/h6-7,9,14,17H,4-5,8,10-11H2,1-3H3. The van der Waals surface area contributed by atoms with Crippen molar-refractivity contribution in [3.63, 3.8) is 0 Å². The number of hydrogen-bond acceptors (Lipinski definition) is 3. The number of benzene rings is 1. The van der Waals surface area contributed by atoms with Gasteiger partial charge in [0.05, 0.1) is 0 Å². The summed E-state index contributed by atoms with van der Waals surface area (Å²) < 4.78 is 1.15. The molecule has 1 heterocycles. The molecule has 1 aliphatic heterocycles. The van der Waals surface area contributed by atoms with Crippen molar-refractivity contribution in [1.29, 1.82) is 0 Å². The zero-order chi connectivity index (χ0) is 13.8. The summed E-state index contributed by atoms with van der Waals surface area (Å²) in [6, 6.07) is 7.20. The van der Waals surface area contributed by atoms with Crippen molar-refractivity contribution in [2.75, 3.05) is 39.1 Å². The minimum atomic E-state index is 0.621. The average Bonchev–Trinajstić information content (AvgIpc) is 2.39. The maximum Gasteiger partial charge on any atom is 0.0414 e. The van der Waals surface area contributed by atoms with Crippen LogP contribution in [0.25, 0.3) is 0 Å². The van der Waals surface area contributed by atoms with Crippen molar-refractivity contribution in [3.8, 4) is 0 Å². The summed E-state index contributed by atoms with van der Waals surface area (Å²) in [5.74, 6) is 0. The van der Waals surface area contributed by atoms with Crippen LogP contribution in [0.5, 0.6) is 0 Å². The zero-order valence-electron chi connectivity index (χ0n) is 12.1. The van der Waals surface area contributed by atoms with Crippen LogP contribution in [0, 0.1) is 0 Å². The summed E-state index contributed by atoms with van der Waals surface area (Å²) in [6.45, 7) is 3.29. The van der Waals surface area contributed by atoms with Crippen LogP contribution in [-0.2, 0) is 6.54 Å². The van der Waals surface area contributed by atoms with Gasteiger partial charge in [0.25, 0.3) is 0 Å². The maximum absolute atomic E-state index is 3.57. The second-order valence-electron chi connectivity index (χ2n) is 5.47. The van der Waals surface area contributed by atoms with Crippen LogP contribution in [0.1, 0.15) is 18.4 Å². The van der Waals surface area contributed by atoms with Crippen molar-refractivity contribution >= 4 is 21.6 Å². The van der Waals surface area contributed by atoms with E-state index in [9.17, 15) is 0 Å². The molecule has 1 atom stereocenters. The van der Waals surface area contributed by atoms with Gasteiger partial charge in [-0.25, -0.2) is 0 Å². The lowest BCUT2D eigenvalue weighted by molar-refractivity contribution is 0.248. The highest BCUT2D eigenvalue weighted by atomic mass is 79.9. The number of piperidine rings is 1. The van der Waals surface area contributed by atoms with Gasteiger partial charge in [-0.1, -0.05) is 15.9 Å². The molecular weight excluding hydrogens is 302 g/mol. The molecule has 0 amide bonds. The molecule has 19 heavy (non-hydrogen) atoms. The highest BCUT2D eigenvalue weighted by Crippen LogP contribution is 2.27. The Hall–Kier alpha value is -0.580. The smallest absolute Gasteiger partial charge is 0.0414 e. The fraction of sp³-hybridized carbons (Fsp3) is 0.600. The first-order valence-corrected chi connectivity index (χ1v) is 7.75. The Morgan fingerprint density at radius 3 is 2.95 bits per heavy atom. The summed E-state index contributed by atoms with van der Waals surface area (Å²) in [5, 5.41) is 3.26. The maximum atomic E-state index is 3.57. The Morgan fingerprint density at radius 1 is 1.47 bits per heavy atom. The van der Waals surface area contributed by atoms with E-state index in [2.05, 4.69) is 63.3 Å². The molecule has 106 valence electrons. The number of hydrogen-bond donors (Lipinski definition) is 1. The van der Waals surface area contributed by atoms with Crippen LogP contribution in [0.3, 0.4) is 0 Å². The monoisotopic (exact) mass is 325 g/mol. The summed E-state index contributed by atoms with van der Waals surface area (Å²) in [5.41, 5.74) is 2.70. The van der Waals surface area contributed by atoms with E-state index in [1.165, 1.54) is 30.6 Å². The third-order valence-electron chi connectivity index (χ3n) is 3.94. The first-order valence-electron chi connectivity index (χ1n) is 6.96. The zero-order valence-corrected chi connectivity index (χ0v) is 13.7. The number of nitrogens with zero attached hydrogens (tertiary/aromatic N) is 2. The molecule has 0 spiro atoms. The number of rotatable bonds is 4. The highest BCUT2D eigenvalue weighted by molar-refractivity contribution is 9.10. The van der Waals surface area contributed by atoms with Crippen LogP contribution < -0.4 is 10.2 Å². The number of halogens is 1. The molecule has 0 radical (unpaired) electrons. The molecule has 0 saturated carbocycles. The van der Waals surface area contributed by atoms with E-state index >= 15 is 0 Å². The van der Waals surface area contributed by atoms with Gasteiger partial charge in [0.1, 0.15) is 0 Å². The van der Waals surface area contributed by atoms with E-state index in [1.807, 2.05) is 7.05 Å². The van der Waals surface area contributed by atoms with E-state index < -0.39 is 0 Å². The summed E-state index contributed by atoms with van der Waals surface area (Å²) in [4.78, 5) is 4.88. The number of likely N-dealkylation sites (N-methyl/N-ethyl adjacent to an activating group) is 2. The molecule has 3 nitrogen and oxygen atoms in total. The Kier molecular flexibility index (Phi) is 5.25. The second kappa shape index (κ2) is 6.73. The quantitative estimate of drug-likeness (QED) is 0.918. The van der Waals surface area contributed by atoms with Gasteiger partial charge in [-0.2, -0.15) is 0 Å². The fourth-order valence-corrected chi connectivity index (χ4v) is 3.29. The predicted octanol–water partition coefficient (Wildman–Crippen LogP) is 2.70. The van der Waals surface area contributed by atoms with Gasteiger partial charge in [0.2, 0.25) is 0 Å². The van der Waals surface area contributed by atoms with Gasteiger partial charge < -0.3 is 15.1 Å². The number of anilines is 1. The van der Waals surface area contributed by atoms with Crippen LogP contribution in [-0.4, -0.2) is 45.2 Å². The minimum absolute atomic E-state index is 0.621. The van der Waals surface area contributed by atoms with Crippen LogP contribution >= 0.6 is 15.9 Å². The molecule has 1 aromatic carbocycles. The van der Waals surface area contributed by atoms with Crippen LogP contribution in [0.2, 0.25) is 0 Å². The topological polar surface area (TPSA) is 18.5 Å². The summed E-state index contributed by atoms with van der Waals surface area (Å²) >= 11 is 3.57. The van der Waals surface area contributed by atoms with Gasteiger partial charge in [-0.05, 0) is 57.2 Å². The SMILES string of the molecule is CNCc1cc(Br)ccc1N(C)C1CCCN(C)C1. The van der Waals surface area contributed by atoms with E-state index in [4.69, 9.17) is 0 Å². The third-order valence-corrected chi connectivity index (χ3v) is 4.43. The van der Waals surface area contributed by atoms with Gasteiger partial charge >= 0.3 is 0 Å². The summed E-state index contributed by atoms with van der Waals surface area (Å²) in [7, 11) is 6.45. The molecule has 1 fully saturated rings. The van der Waals surface area contributed by atoms with Crippen LogP contribution in [0.15, 0.2) is 22.7 Å². The fourth-order valence-electron chi connectivity index (χ4n) is 2.88. The molecular formula is C15H24BrN3. The minimum Gasteiger partial charge on any atom is -0.370 e. The number of nitrogens with one attached hydrogen (secondary N) is 1.